The maximum absolute atomic E-state index is 13.2. The minimum absolute atomic E-state index is 1.55. The fourth-order valence-electron chi connectivity index (χ4n) is 1.23. The van der Waals surface area contributed by atoms with Crippen LogP contribution in [0.2, 0.25) is 0 Å². The summed E-state index contributed by atoms with van der Waals surface area (Å²) in [4.78, 5) is 0. The van der Waals surface area contributed by atoms with E-state index in [4.69, 9.17) is 0 Å². The van der Waals surface area contributed by atoms with Gasteiger partial charge in [-0.1, -0.05) is 38.9 Å². The number of aromatic nitrogens is 2. The van der Waals surface area contributed by atoms with Crippen LogP contribution in [0.3, 0.4) is 0 Å². The number of alkyl halides is 6. The molecule has 1 heterocycles. The maximum Gasteiger partial charge on any atom is 0.450 e. The highest BCUT2D eigenvalue weighted by Gasteiger charge is 2.96. The molecule has 0 spiro atoms. The van der Waals surface area contributed by atoms with Crippen molar-refractivity contribution < 1.29 is 69.6 Å². The zero-order chi connectivity index (χ0) is 22.3. The van der Waals surface area contributed by atoms with E-state index in [1.54, 1.807) is 10.2 Å². The molecule has 21 heteroatoms. The molecule has 0 bridgehead atoms. The lowest BCUT2D eigenvalue weighted by Crippen LogP contribution is -2.57. The molecule has 0 radical (unpaired) electrons. The summed E-state index contributed by atoms with van der Waals surface area (Å²) in [6, 6.07) is 0. The Morgan fingerprint density at radius 1 is 0.704 bits per heavy atom. The number of hydrogen-bond donors (Lipinski definition) is 0. The average Bonchev–Trinajstić information content (AvgIpc) is 2.68. The van der Waals surface area contributed by atoms with Crippen molar-refractivity contribution in [3.05, 3.63) is 11.8 Å². The lowest BCUT2D eigenvalue weighted by Gasteiger charge is -2.48. The van der Waals surface area contributed by atoms with Crippen molar-refractivity contribution >= 4 is 20.4 Å². The van der Waals surface area contributed by atoms with E-state index >= 15 is 0 Å². The van der Waals surface area contributed by atoms with Gasteiger partial charge in [0.1, 0.15) is 0 Å². The van der Waals surface area contributed by atoms with Gasteiger partial charge in [-0.3, -0.25) is 0 Å². The van der Waals surface area contributed by atoms with Gasteiger partial charge >= 0.3 is 27.3 Å². The molecule has 0 amide bonds. The van der Waals surface area contributed by atoms with Crippen molar-refractivity contribution in [1.29, 1.82) is 0 Å². The Balaban J connectivity index is 3.48. The summed E-state index contributed by atoms with van der Waals surface area (Å²) in [5.41, 5.74) is 0. The van der Waals surface area contributed by atoms with Gasteiger partial charge in [-0.25, -0.2) is 0 Å². The highest BCUT2D eigenvalue weighted by Crippen LogP contribution is 3.06. The fraction of sp³-hybridized carbons (Fsp3) is 0.667. The first-order chi connectivity index (χ1) is 10.9. The highest BCUT2D eigenvalue weighted by atomic mass is 32.5. The molecule has 1 aromatic rings. The number of rotatable bonds is 6. The third-order valence-corrected chi connectivity index (χ3v) is 4.39. The molecule has 27 heavy (non-hydrogen) atoms. The van der Waals surface area contributed by atoms with Gasteiger partial charge in [0.25, 0.3) is 16.1 Å². The first-order valence-electron chi connectivity index (χ1n) is 5.33. The minimum Gasteiger partial charge on any atom is -0.418 e. The van der Waals surface area contributed by atoms with Gasteiger partial charge in [-0.05, 0) is 0 Å². The van der Waals surface area contributed by atoms with Crippen LogP contribution < -0.4 is 0 Å². The lowest BCUT2D eigenvalue weighted by molar-refractivity contribution is -0.300. The molecule has 0 fully saturated rings. The maximum atomic E-state index is 13.2. The molecule has 0 saturated carbocycles. The summed E-state index contributed by atoms with van der Waals surface area (Å²) in [5, 5.41) is -5.42. The van der Waals surface area contributed by atoms with E-state index in [2.05, 4.69) is 4.42 Å². The molecule has 1 aromatic heterocycles. The molecule has 166 valence electrons. The largest absolute Gasteiger partial charge is 0.450 e. The first kappa shape index (κ1) is 23.8. The van der Waals surface area contributed by atoms with E-state index in [0.29, 0.717) is 0 Å². The third-order valence-electron chi connectivity index (χ3n) is 2.38. The van der Waals surface area contributed by atoms with Gasteiger partial charge in [0.05, 0.1) is 0 Å². The van der Waals surface area contributed by atoms with Gasteiger partial charge in [0.2, 0.25) is 5.89 Å². The Morgan fingerprint density at radius 3 is 1.44 bits per heavy atom. The Morgan fingerprint density at radius 2 is 1.11 bits per heavy atom. The van der Waals surface area contributed by atoms with Crippen molar-refractivity contribution in [2.45, 2.75) is 22.9 Å². The summed E-state index contributed by atoms with van der Waals surface area (Å²) in [6.07, 6.45) is 0. The number of nitrogens with zero attached hydrogens (tertiary/aromatic N) is 2. The molecule has 0 aliphatic carbocycles. The third kappa shape index (κ3) is 4.42. The molecular weight excluding hydrogens is 484 g/mol. The second-order valence-electron chi connectivity index (χ2n) is 4.91. The topological polar surface area (TPSA) is 38.9 Å². The van der Waals surface area contributed by atoms with E-state index < -0.39 is 55.1 Å². The monoisotopic (exact) mass is 486 g/mol. The van der Waals surface area contributed by atoms with Crippen LogP contribution in [0.15, 0.2) is 4.42 Å². The van der Waals surface area contributed by atoms with Crippen LogP contribution >= 0.6 is 20.4 Å². The molecule has 0 atom stereocenters. The van der Waals surface area contributed by atoms with Gasteiger partial charge in [-0.15, -0.1) is 10.2 Å². The van der Waals surface area contributed by atoms with Gasteiger partial charge in [0.15, 0.2) is 5.75 Å². The number of halogens is 16. The molecular formula is C6H2F16N2OS2. The Bertz CT molecular complexity index is 759. The second-order valence-corrected chi connectivity index (χ2v) is 9.91. The van der Waals surface area contributed by atoms with Crippen LogP contribution in [0.25, 0.3) is 0 Å². The molecule has 0 aliphatic heterocycles. The SMILES string of the molecule is FC(F)(c1nnc(CS(F)(F)(F)(F)F)o1)C(F)(F)C(F)(F)S(F)(F)(F)(F)F. The van der Waals surface area contributed by atoms with Crippen LogP contribution in [0, 0.1) is 0 Å². The normalized spacial score (nSPS) is 20.4. The average molecular weight is 486 g/mol. The zero-order valence-electron chi connectivity index (χ0n) is 11.4. The standard InChI is InChI=1S/C6H2F16N2OS2/c7-4(8,5(9,10)6(11,12)27(18,19,20,21)22)3-24-23-2(25-3)1-26(13,14,15,16)17/h1H2. The molecule has 3 nitrogen and oxygen atoms in total. The van der Waals surface area contributed by atoms with Crippen LogP contribution in [0.4, 0.5) is 65.2 Å². The molecule has 0 aromatic carbocycles. The Labute approximate surface area is 136 Å². The molecule has 0 aliphatic rings. The second kappa shape index (κ2) is 4.32. The number of hydrogen-bond acceptors (Lipinski definition) is 3. The van der Waals surface area contributed by atoms with Crippen molar-refractivity contribution in [3.63, 3.8) is 0 Å². The van der Waals surface area contributed by atoms with Crippen molar-refractivity contribution in [3.8, 4) is 0 Å². The predicted molar refractivity (Wildman–Crippen MR) is 58.1 cm³/mol. The minimum atomic E-state index is -12.7. The van der Waals surface area contributed by atoms with E-state index in [0.717, 1.165) is 0 Å². The summed E-state index contributed by atoms with van der Waals surface area (Å²) in [5.74, 6) is -24.9. The van der Waals surface area contributed by atoms with E-state index in [9.17, 15) is 65.2 Å². The van der Waals surface area contributed by atoms with Gasteiger partial charge in [0, 0.05) is 0 Å². The van der Waals surface area contributed by atoms with E-state index in [1.165, 1.54) is 0 Å². The van der Waals surface area contributed by atoms with Crippen molar-refractivity contribution in [2.24, 2.45) is 0 Å². The first-order valence-corrected chi connectivity index (χ1v) is 9.40. The quantitative estimate of drug-likeness (QED) is 0.392. The molecule has 0 saturated heterocycles. The Kier molecular flexibility index (Phi) is 3.80. The van der Waals surface area contributed by atoms with Gasteiger partial charge in [-0.2, -0.15) is 26.3 Å². The van der Waals surface area contributed by atoms with Crippen LogP contribution in [-0.2, 0) is 11.7 Å². The summed E-state index contributed by atoms with van der Waals surface area (Å²) in [6.45, 7) is 0. The van der Waals surface area contributed by atoms with Crippen molar-refractivity contribution in [1.82, 2.24) is 10.2 Å². The summed E-state index contributed by atoms with van der Waals surface area (Å²) < 4.78 is 201. The lowest BCUT2D eigenvalue weighted by atomic mass is 10.2. The zero-order valence-corrected chi connectivity index (χ0v) is 13.0. The van der Waals surface area contributed by atoms with E-state index in [1.807, 2.05) is 0 Å². The Hall–Kier alpha value is -1.28. The summed E-state index contributed by atoms with van der Waals surface area (Å²) >= 11 is 0. The van der Waals surface area contributed by atoms with Crippen molar-refractivity contribution in [2.75, 3.05) is 0 Å². The van der Waals surface area contributed by atoms with Gasteiger partial charge < -0.3 is 4.42 Å². The fourth-order valence-corrected chi connectivity index (χ4v) is 2.43. The summed E-state index contributed by atoms with van der Waals surface area (Å²) in [7, 11) is -23.3. The predicted octanol–water partition coefficient (Wildman–Crippen LogP) is 7.49. The van der Waals surface area contributed by atoms with Crippen LogP contribution in [-0.4, -0.2) is 21.4 Å². The van der Waals surface area contributed by atoms with E-state index in [-0.39, 0.29) is 0 Å². The highest BCUT2D eigenvalue weighted by molar-refractivity contribution is 8.46. The van der Waals surface area contributed by atoms with Crippen LogP contribution in [0.5, 0.6) is 0 Å². The van der Waals surface area contributed by atoms with Crippen LogP contribution in [0.1, 0.15) is 11.8 Å². The smallest absolute Gasteiger partial charge is 0.418 e. The molecule has 0 N–H and O–H groups in total. The molecule has 0 unspecified atom stereocenters. The molecule has 1 rings (SSSR count).